The monoisotopic (exact) mass is 361 g/mol. The topological polar surface area (TPSA) is 155 Å². The van der Waals surface area contributed by atoms with Crippen LogP contribution in [0.1, 0.15) is 13.8 Å². The maximum atomic E-state index is 11.8. The molecule has 10 heteroatoms. The molecule has 1 amide bonds. The van der Waals surface area contributed by atoms with Crippen molar-refractivity contribution in [1.82, 2.24) is 5.32 Å². The Hall–Kier alpha value is -1.56. The first-order valence-electron chi connectivity index (χ1n) is 7.95. The van der Waals surface area contributed by atoms with E-state index < -0.39 is 55.3 Å². The van der Waals surface area contributed by atoms with Crippen molar-refractivity contribution in [2.75, 3.05) is 13.2 Å². The van der Waals surface area contributed by atoms with E-state index in [2.05, 4.69) is 5.32 Å². The number of aliphatic hydroxyl groups is 4. The fourth-order valence-electron chi connectivity index (χ4n) is 2.73. The molecule has 0 aromatic carbocycles. The second-order valence-electron chi connectivity index (χ2n) is 5.86. The molecule has 2 aliphatic heterocycles. The van der Waals surface area contributed by atoms with Gasteiger partial charge in [-0.3, -0.25) is 4.79 Å². The highest BCUT2D eigenvalue weighted by atomic mass is 16.7. The number of carbonyl (C=O) groups excluding carboxylic acids is 2. The molecule has 25 heavy (non-hydrogen) atoms. The highest BCUT2D eigenvalue weighted by Crippen LogP contribution is 2.29. The number of rotatable bonds is 6. The van der Waals surface area contributed by atoms with Gasteiger partial charge in [-0.25, -0.2) is 4.79 Å². The quantitative estimate of drug-likeness (QED) is 0.194. The second-order valence-corrected chi connectivity index (χ2v) is 5.86. The maximum Gasteiger partial charge on any atom is 0.332 e. The first-order chi connectivity index (χ1) is 11.8. The Balaban J connectivity index is 2.03. The molecule has 0 unspecified atom stereocenters. The fourth-order valence-corrected chi connectivity index (χ4v) is 2.73. The molecule has 0 spiro atoms. The minimum atomic E-state index is -1.58. The molecule has 142 valence electrons. The first kappa shape index (κ1) is 19.8. The van der Waals surface area contributed by atoms with Crippen molar-refractivity contribution in [1.29, 1.82) is 0 Å². The summed E-state index contributed by atoms with van der Waals surface area (Å²) >= 11 is 0. The van der Waals surface area contributed by atoms with Gasteiger partial charge in [0, 0.05) is 11.8 Å². The van der Waals surface area contributed by atoms with Crippen LogP contribution in [0.2, 0.25) is 0 Å². The molecule has 2 heterocycles. The van der Waals surface area contributed by atoms with E-state index in [0.29, 0.717) is 5.70 Å². The first-order valence-corrected chi connectivity index (χ1v) is 7.95. The molecule has 2 aliphatic rings. The Bertz CT molecular complexity index is 535. The summed E-state index contributed by atoms with van der Waals surface area (Å²) in [5, 5.41) is 41.1. The molecule has 0 aromatic rings. The number of esters is 1. The predicted octanol–water partition coefficient (Wildman–Crippen LogP) is -2.62. The van der Waals surface area contributed by atoms with Gasteiger partial charge in [-0.2, -0.15) is 0 Å². The summed E-state index contributed by atoms with van der Waals surface area (Å²) in [5.74, 6) is -1.79. The third-order valence-electron chi connectivity index (χ3n) is 4.11. The standard InChI is InChI=1S/C15H23NO9/c1-3-23-9(18)4-7-10(14(22)16-7)6(2)24-15-13(21)12(20)11(19)8(5-17)25-15/h4,6,8,10-13,15,17,19-21H,3,5H2,1-2H3,(H,16,22)/b7-4+/t6-,8-,10-,11-,12+,13-,15+/m1/s1. The summed E-state index contributed by atoms with van der Waals surface area (Å²) in [7, 11) is 0. The zero-order valence-electron chi connectivity index (χ0n) is 13.9. The molecule has 0 radical (unpaired) electrons. The van der Waals surface area contributed by atoms with Gasteiger partial charge in [0.05, 0.1) is 19.3 Å². The van der Waals surface area contributed by atoms with E-state index in [1.54, 1.807) is 6.92 Å². The van der Waals surface area contributed by atoms with Crippen molar-refractivity contribution in [3.8, 4) is 0 Å². The van der Waals surface area contributed by atoms with E-state index in [-0.39, 0.29) is 12.5 Å². The highest BCUT2D eigenvalue weighted by Gasteiger charge is 2.47. The molecular formula is C15H23NO9. The third kappa shape index (κ3) is 4.17. The molecule has 2 fully saturated rings. The van der Waals surface area contributed by atoms with Gasteiger partial charge in [0.15, 0.2) is 6.29 Å². The van der Waals surface area contributed by atoms with Gasteiger partial charge in [-0.15, -0.1) is 0 Å². The van der Waals surface area contributed by atoms with Crippen LogP contribution in [0.25, 0.3) is 0 Å². The molecule has 10 nitrogen and oxygen atoms in total. The lowest BCUT2D eigenvalue weighted by atomic mass is 9.90. The van der Waals surface area contributed by atoms with Crippen LogP contribution in [0, 0.1) is 5.92 Å². The van der Waals surface area contributed by atoms with Crippen molar-refractivity contribution in [3.05, 3.63) is 11.8 Å². The summed E-state index contributed by atoms with van der Waals surface area (Å²) < 4.78 is 15.5. The summed E-state index contributed by atoms with van der Waals surface area (Å²) in [6.07, 6.45) is -6.78. The Labute approximate surface area is 144 Å². The van der Waals surface area contributed by atoms with E-state index in [9.17, 15) is 24.9 Å². The van der Waals surface area contributed by atoms with Crippen LogP contribution >= 0.6 is 0 Å². The van der Waals surface area contributed by atoms with Crippen molar-refractivity contribution >= 4 is 11.9 Å². The fraction of sp³-hybridized carbons (Fsp3) is 0.733. The summed E-state index contributed by atoms with van der Waals surface area (Å²) in [4.78, 5) is 23.2. The van der Waals surface area contributed by atoms with Crippen molar-refractivity contribution < 1.29 is 44.2 Å². The number of aliphatic hydroxyl groups excluding tert-OH is 4. The molecule has 5 N–H and O–H groups in total. The lowest BCUT2D eigenvalue weighted by Crippen LogP contribution is -2.61. The van der Waals surface area contributed by atoms with Crippen LogP contribution in [0.4, 0.5) is 0 Å². The average Bonchev–Trinajstić information content (AvgIpc) is 2.54. The third-order valence-corrected chi connectivity index (χ3v) is 4.11. The highest BCUT2D eigenvalue weighted by molar-refractivity contribution is 5.95. The number of ether oxygens (including phenoxy) is 3. The average molecular weight is 361 g/mol. The van der Waals surface area contributed by atoms with E-state index in [1.807, 2.05) is 0 Å². The van der Waals surface area contributed by atoms with Crippen molar-refractivity contribution in [2.24, 2.45) is 5.92 Å². The van der Waals surface area contributed by atoms with E-state index in [0.717, 1.165) is 6.08 Å². The van der Waals surface area contributed by atoms with Gasteiger partial charge in [-0.1, -0.05) is 0 Å². The van der Waals surface area contributed by atoms with E-state index in [4.69, 9.17) is 19.3 Å². The van der Waals surface area contributed by atoms with Crippen LogP contribution in [-0.4, -0.2) is 82.3 Å². The zero-order valence-corrected chi connectivity index (χ0v) is 13.9. The Morgan fingerprint density at radius 3 is 2.56 bits per heavy atom. The van der Waals surface area contributed by atoms with Gasteiger partial charge in [0.1, 0.15) is 30.3 Å². The summed E-state index contributed by atoms with van der Waals surface area (Å²) in [6, 6.07) is 0. The Morgan fingerprint density at radius 1 is 1.32 bits per heavy atom. The lowest BCUT2D eigenvalue weighted by molar-refractivity contribution is -0.312. The van der Waals surface area contributed by atoms with E-state index >= 15 is 0 Å². The molecule has 7 atom stereocenters. The van der Waals surface area contributed by atoms with Crippen LogP contribution in [0.3, 0.4) is 0 Å². The van der Waals surface area contributed by atoms with Gasteiger partial charge in [0.25, 0.3) is 0 Å². The van der Waals surface area contributed by atoms with Gasteiger partial charge < -0.3 is 40.0 Å². The van der Waals surface area contributed by atoms with Crippen molar-refractivity contribution in [3.63, 3.8) is 0 Å². The predicted molar refractivity (Wildman–Crippen MR) is 80.7 cm³/mol. The zero-order chi connectivity index (χ0) is 18.7. The molecular weight excluding hydrogens is 338 g/mol. The van der Waals surface area contributed by atoms with Crippen LogP contribution in [-0.2, 0) is 23.8 Å². The minimum Gasteiger partial charge on any atom is -0.463 e. The normalized spacial score (nSPS) is 38.0. The Morgan fingerprint density at radius 2 is 2.00 bits per heavy atom. The van der Waals surface area contributed by atoms with E-state index in [1.165, 1.54) is 6.92 Å². The van der Waals surface area contributed by atoms with Gasteiger partial charge >= 0.3 is 5.97 Å². The van der Waals surface area contributed by atoms with Gasteiger partial charge in [-0.05, 0) is 13.8 Å². The molecule has 0 aromatic heterocycles. The molecule has 0 aliphatic carbocycles. The second kappa shape index (κ2) is 8.21. The minimum absolute atomic E-state index is 0.193. The smallest absolute Gasteiger partial charge is 0.332 e. The number of carbonyl (C=O) groups is 2. The molecule has 0 saturated carbocycles. The SMILES string of the molecule is CCOC(=O)/C=C1/NC(=O)[C@@H]1[C@@H](C)O[C@H]1O[C@H](CO)[C@@H](O)[C@H](O)[C@H]1O. The largest absolute Gasteiger partial charge is 0.463 e. The summed E-state index contributed by atoms with van der Waals surface area (Å²) in [5.41, 5.74) is 0.306. The number of nitrogens with one attached hydrogen (secondary N) is 1. The summed E-state index contributed by atoms with van der Waals surface area (Å²) in [6.45, 7) is 2.79. The molecule has 2 rings (SSSR count). The van der Waals surface area contributed by atoms with Crippen LogP contribution in [0.15, 0.2) is 11.8 Å². The Kier molecular flexibility index (Phi) is 6.49. The lowest BCUT2D eigenvalue weighted by Gasteiger charge is -2.42. The van der Waals surface area contributed by atoms with Crippen molar-refractivity contribution in [2.45, 2.75) is 50.7 Å². The van der Waals surface area contributed by atoms with Crippen LogP contribution in [0.5, 0.6) is 0 Å². The molecule has 0 bridgehead atoms. The van der Waals surface area contributed by atoms with Gasteiger partial charge in [0.2, 0.25) is 5.91 Å². The number of amides is 1. The number of hydrogen-bond acceptors (Lipinski definition) is 9. The molecule has 2 saturated heterocycles. The van der Waals surface area contributed by atoms with Crippen LogP contribution < -0.4 is 5.32 Å². The maximum absolute atomic E-state index is 11.8. The number of β-lactam (4-membered cyclic amide) rings is 1. The number of hydrogen-bond donors (Lipinski definition) is 5.